The lowest BCUT2D eigenvalue weighted by atomic mass is 9.71. The lowest BCUT2D eigenvalue weighted by Gasteiger charge is -2.37. The number of methoxy groups -OCH3 is 2. The molecule has 1 heterocycles. The molecule has 0 saturated carbocycles. The molecule has 35 heavy (non-hydrogen) atoms. The molecule has 2 atom stereocenters. The van der Waals surface area contributed by atoms with Crippen LogP contribution in [-0.4, -0.2) is 32.6 Å². The van der Waals surface area contributed by atoms with Crippen molar-refractivity contribution in [2.75, 3.05) is 20.8 Å². The van der Waals surface area contributed by atoms with E-state index < -0.39 is 11.9 Å². The Balaban J connectivity index is 1.82. The summed E-state index contributed by atoms with van der Waals surface area (Å²) in [7, 11) is 3.17. The number of ketones is 1. The Morgan fingerprint density at radius 1 is 1.06 bits per heavy atom. The van der Waals surface area contributed by atoms with Crippen LogP contribution in [0.4, 0.5) is 0 Å². The number of allylic oxidation sites excluding steroid dienone is 3. The maximum Gasteiger partial charge on any atom is 0.336 e. The highest BCUT2D eigenvalue weighted by Crippen LogP contribution is 2.48. The summed E-state index contributed by atoms with van der Waals surface area (Å²) in [5, 5.41) is 3.40. The van der Waals surface area contributed by atoms with Gasteiger partial charge in [0.2, 0.25) is 0 Å². The summed E-state index contributed by atoms with van der Waals surface area (Å²) < 4.78 is 16.7. The molecular weight excluding hydrogens is 442 g/mol. The lowest BCUT2D eigenvalue weighted by Crippen LogP contribution is -2.36. The van der Waals surface area contributed by atoms with E-state index >= 15 is 0 Å². The Bertz CT molecular complexity index is 1180. The van der Waals surface area contributed by atoms with Gasteiger partial charge < -0.3 is 19.5 Å². The molecule has 2 aromatic rings. The van der Waals surface area contributed by atoms with E-state index in [9.17, 15) is 9.59 Å². The van der Waals surface area contributed by atoms with Crippen molar-refractivity contribution in [2.45, 2.75) is 45.4 Å². The van der Waals surface area contributed by atoms with E-state index in [2.05, 4.69) is 17.4 Å². The SMILES string of the molecule is COc1ccc([C@H]2C(C(=O)OCC(C)C)=C(C)NC3=C2C(=O)C[C@@H](c2ccccc2)C3)c(OC)c1. The molecule has 1 N–H and O–H groups in total. The molecule has 0 unspecified atom stereocenters. The zero-order valence-corrected chi connectivity index (χ0v) is 21.0. The summed E-state index contributed by atoms with van der Waals surface area (Å²) in [6, 6.07) is 15.6. The van der Waals surface area contributed by atoms with Gasteiger partial charge in [0, 0.05) is 35.0 Å². The summed E-state index contributed by atoms with van der Waals surface area (Å²) in [4.78, 5) is 27.1. The van der Waals surface area contributed by atoms with E-state index in [-0.39, 0.29) is 17.6 Å². The van der Waals surface area contributed by atoms with Crippen LogP contribution < -0.4 is 14.8 Å². The maximum atomic E-state index is 13.7. The van der Waals surface area contributed by atoms with Crippen LogP contribution in [0.2, 0.25) is 0 Å². The molecule has 6 heteroatoms. The van der Waals surface area contributed by atoms with Crippen LogP contribution in [0.5, 0.6) is 11.5 Å². The first-order chi connectivity index (χ1) is 16.8. The fourth-order valence-corrected chi connectivity index (χ4v) is 4.96. The second kappa shape index (κ2) is 10.4. The van der Waals surface area contributed by atoms with Crippen LogP contribution in [0.15, 0.2) is 71.1 Å². The van der Waals surface area contributed by atoms with Crippen molar-refractivity contribution in [3.8, 4) is 11.5 Å². The van der Waals surface area contributed by atoms with Gasteiger partial charge in [0.1, 0.15) is 11.5 Å². The molecule has 184 valence electrons. The van der Waals surface area contributed by atoms with Crippen LogP contribution in [0.3, 0.4) is 0 Å². The van der Waals surface area contributed by atoms with Gasteiger partial charge >= 0.3 is 5.97 Å². The van der Waals surface area contributed by atoms with E-state index in [0.29, 0.717) is 47.8 Å². The van der Waals surface area contributed by atoms with Crippen LogP contribution in [0.1, 0.15) is 56.6 Å². The molecule has 0 amide bonds. The number of hydrogen-bond donors (Lipinski definition) is 1. The Labute approximate surface area is 207 Å². The summed E-state index contributed by atoms with van der Waals surface area (Å²) in [5.41, 5.74) is 4.49. The molecular formula is C29H33NO5. The molecule has 2 aromatic carbocycles. The number of ether oxygens (including phenoxy) is 3. The van der Waals surface area contributed by atoms with Gasteiger partial charge in [0.25, 0.3) is 0 Å². The van der Waals surface area contributed by atoms with Gasteiger partial charge in [0.15, 0.2) is 5.78 Å². The van der Waals surface area contributed by atoms with Gasteiger partial charge in [-0.2, -0.15) is 0 Å². The summed E-state index contributed by atoms with van der Waals surface area (Å²) in [5.74, 6) is 0.489. The minimum atomic E-state index is -0.587. The van der Waals surface area contributed by atoms with Gasteiger partial charge in [0.05, 0.1) is 32.3 Å². The van der Waals surface area contributed by atoms with Crippen LogP contribution in [0, 0.1) is 5.92 Å². The van der Waals surface area contributed by atoms with E-state index in [0.717, 1.165) is 16.8 Å². The van der Waals surface area contributed by atoms with Crippen molar-refractivity contribution >= 4 is 11.8 Å². The lowest BCUT2D eigenvalue weighted by molar-refractivity contribution is -0.140. The average molecular weight is 476 g/mol. The topological polar surface area (TPSA) is 73.9 Å². The Kier molecular flexibility index (Phi) is 7.29. The van der Waals surface area contributed by atoms with Crippen LogP contribution in [-0.2, 0) is 14.3 Å². The minimum absolute atomic E-state index is 0.0251. The summed E-state index contributed by atoms with van der Waals surface area (Å²) in [6.45, 7) is 6.16. The molecule has 1 aliphatic carbocycles. The molecule has 0 aromatic heterocycles. The standard InChI is InChI=1S/C29H33NO5/c1-17(2)16-35-29(32)26-18(3)30-23-13-20(19-9-7-6-8-10-19)14-24(31)28(23)27(26)22-12-11-21(33-4)15-25(22)34-5/h6-12,15,17,20,27,30H,13-14,16H2,1-5H3/t20-,27-/m0/s1. The molecule has 1 aliphatic heterocycles. The van der Waals surface area contributed by atoms with Crippen molar-refractivity contribution in [1.29, 1.82) is 0 Å². The van der Waals surface area contributed by atoms with Crippen molar-refractivity contribution in [3.63, 3.8) is 0 Å². The maximum absolute atomic E-state index is 13.7. The summed E-state index contributed by atoms with van der Waals surface area (Å²) in [6.07, 6.45) is 1.07. The highest BCUT2D eigenvalue weighted by molar-refractivity contribution is 6.04. The first-order valence-corrected chi connectivity index (χ1v) is 12.0. The van der Waals surface area contributed by atoms with Crippen molar-refractivity contribution < 1.29 is 23.8 Å². The highest BCUT2D eigenvalue weighted by atomic mass is 16.5. The largest absolute Gasteiger partial charge is 0.497 e. The number of esters is 1. The van der Waals surface area contributed by atoms with Gasteiger partial charge in [-0.1, -0.05) is 50.2 Å². The van der Waals surface area contributed by atoms with Gasteiger partial charge in [-0.15, -0.1) is 0 Å². The normalized spacial score (nSPS) is 19.9. The van der Waals surface area contributed by atoms with Gasteiger partial charge in [-0.05, 0) is 36.8 Å². The molecule has 0 bridgehead atoms. The number of carbonyl (C=O) groups is 2. The predicted octanol–water partition coefficient (Wildman–Crippen LogP) is 5.26. The van der Waals surface area contributed by atoms with E-state index in [1.165, 1.54) is 0 Å². The third kappa shape index (κ3) is 4.97. The van der Waals surface area contributed by atoms with Gasteiger partial charge in [-0.3, -0.25) is 4.79 Å². The quantitative estimate of drug-likeness (QED) is 0.551. The first kappa shape index (κ1) is 24.6. The average Bonchev–Trinajstić information content (AvgIpc) is 2.86. The third-order valence-corrected chi connectivity index (χ3v) is 6.62. The van der Waals surface area contributed by atoms with Crippen molar-refractivity contribution in [3.05, 3.63) is 82.2 Å². The van der Waals surface area contributed by atoms with Crippen molar-refractivity contribution in [1.82, 2.24) is 5.32 Å². The monoisotopic (exact) mass is 475 g/mol. The molecule has 0 radical (unpaired) electrons. The van der Waals surface area contributed by atoms with E-state index in [1.807, 2.05) is 51.1 Å². The molecule has 0 spiro atoms. The molecule has 4 rings (SSSR count). The number of nitrogens with one attached hydrogen (secondary N) is 1. The van der Waals surface area contributed by atoms with E-state index in [4.69, 9.17) is 14.2 Å². The predicted molar refractivity (Wildman–Crippen MR) is 134 cm³/mol. The zero-order valence-electron chi connectivity index (χ0n) is 21.0. The number of carbonyl (C=O) groups excluding carboxylic acids is 2. The minimum Gasteiger partial charge on any atom is -0.497 e. The van der Waals surface area contributed by atoms with Crippen molar-refractivity contribution in [2.24, 2.45) is 5.92 Å². The number of dihydropyridines is 1. The van der Waals surface area contributed by atoms with Crippen LogP contribution >= 0.6 is 0 Å². The van der Waals surface area contributed by atoms with Crippen LogP contribution in [0.25, 0.3) is 0 Å². The highest BCUT2D eigenvalue weighted by Gasteiger charge is 2.42. The number of benzene rings is 2. The number of rotatable bonds is 7. The fraction of sp³-hybridized carbons (Fsp3) is 0.379. The second-order valence-electron chi connectivity index (χ2n) is 9.53. The smallest absolute Gasteiger partial charge is 0.336 e. The molecule has 0 saturated heterocycles. The molecule has 0 fully saturated rings. The second-order valence-corrected chi connectivity index (χ2v) is 9.53. The molecule has 2 aliphatic rings. The van der Waals surface area contributed by atoms with E-state index in [1.54, 1.807) is 20.3 Å². The first-order valence-electron chi connectivity index (χ1n) is 12.0. The fourth-order valence-electron chi connectivity index (χ4n) is 4.96. The summed E-state index contributed by atoms with van der Waals surface area (Å²) >= 11 is 0. The number of Topliss-reactive ketones (excluding diaryl/α,β-unsaturated/α-hetero) is 1. The Morgan fingerprint density at radius 3 is 2.46 bits per heavy atom. The third-order valence-electron chi connectivity index (χ3n) is 6.62. The Morgan fingerprint density at radius 2 is 1.80 bits per heavy atom. The Hall–Kier alpha value is -3.54. The van der Waals surface area contributed by atoms with Gasteiger partial charge in [-0.25, -0.2) is 4.79 Å². The number of hydrogen-bond acceptors (Lipinski definition) is 6. The zero-order chi connectivity index (χ0) is 25.1. The molecule has 6 nitrogen and oxygen atoms in total.